The third-order valence-corrected chi connectivity index (χ3v) is 2.99. The molecule has 1 aliphatic rings. The average molecular weight is 187 g/mol. The second kappa shape index (κ2) is 3.43. The minimum absolute atomic E-state index is 0.302. The van der Waals surface area contributed by atoms with Gasteiger partial charge in [-0.3, -0.25) is 0 Å². The summed E-state index contributed by atoms with van der Waals surface area (Å²) in [5.41, 5.74) is 0.590. The van der Waals surface area contributed by atoms with E-state index >= 15 is 0 Å². The summed E-state index contributed by atoms with van der Waals surface area (Å²) in [5.74, 6) is 0. The van der Waals surface area contributed by atoms with Crippen LogP contribution in [0.3, 0.4) is 0 Å². The summed E-state index contributed by atoms with van der Waals surface area (Å²) in [5, 5.41) is 9.51. The number of aliphatic hydroxyl groups is 1. The minimum atomic E-state index is -0.458. The third kappa shape index (κ3) is 1.40. The van der Waals surface area contributed by atoms with Gasteiger partial charge < -0.3 is 9.95 Å². The van der Waals surface area contributed by atoms with E-state index in [0.29, 0.717) is 6.42 Å². The molecule has 0 saturated heterocycles. The van der Waals surface area contributed by atoms with Gasteiger partial charge in [-0.1, -0.05) is 30.3 Å². The highest BCUT2D eigenvalue weighted by atomic mass is 16.3. The van der Waals surface area contributed by atoms with Crippen LogP contribution in [0.2, 0.25) is 0 Å². The van der Waals surface area contributed by atoms with E-state index in [9.17, 15) is 5.11 Å². The zero-order valence-corrected chi connectivity index (χ0v) is 7.98. The number of benzene rings is 1. The Labute approximate surface area is 84.0 Å². The molecule has 1 aromatic rings. The molecule has 0 spiro atoms. The second-order valence-electron chi connectivity index (χ2n) is 3.91. The van der Waals surface area contributed by atoms with Crippen molar-refractivity contribution in [2.75, 3.05) is 0 Å². The lowest BCUT2D eigenvalue weighted by Gasteiger charge is -2.15. The Morgan fingerprint density at radius 2 is 2.07 bits per heavy atom. The van der Waals surface area contributed by atoms with Crippen LogP contribution in [0.4, 0.5) is 0 Å². The smallest absolute Gasteiger partial charge is 0.260 e. The first-order valence-corrected chi connectivity index (χ1v) is 4.89. The molecule has 0 aromatic heterocycles. The maximum atomic E-state index is 9.51. The summed E-state index contributed by atoms with van der Waals surface area (Å²) in [6.45, 7) is 7.29. The van der Waals surface area contributed by atoms with E-state index in [1.807, 2.05) is 30.3 Å². The molecule has 2 unspecified atom stereocenters. The number of hydrogen-bond donors (Lipinski definition) is 1. The highest BCUT2D eigenvalue weighted by Gasteiger charge is 2.46. The van der Waals surface area contributed by atoms with Crippen molar-refractivity contribution in [3.63, 3.8) is 0 Å². The van der Waals surface area contributed by atoms with Gasteiger partial charge in [-0.2, -0.15) is 0 Å². The molecular weight excluding hydrogens is 174 g/mol. The van der Waals surface area contributed by atoms with Crippen LogP contribution in [0.5, 0.6) is 0 Å². The molecule has 1 aliphatic carbocycles. The molecule has 2 heteroatoms. The molecule has 1 N–H and O–H groups in total. The molecule has 1 saturated carbocycles. The van der Waals surface area contributed by atoms with E-state index < -0.39 is 5.54 Å². The fraction of sp³-hybridized carbons (Fsp3) is 0.417. The van der Waals surface area contributed by atoms with E-state index in [2.05, 4.69) is 4.85 Å². The Morgan fingerprint density at radius 3 is 2.57 bits per heavy atom. The van der Waals surface area contributed by atoms with Crippen molar-refractivity contribution in [3.8, 4) is 0 Å². The van der Waals surface area contributed by atoms with Crippen LogP contribution < -0.4 is 0 Å². The fourth-order valence-corrected chi connectivity index (χ4v) is 2.18. The summed E-state index contributed by atoms with van der Waals surface area (Å²) in [6, 6.07) is 9.82. The Morgan fingerprint density at radius 1 is 1.36 bits per heavy atom. The molecule has 0 heterocycles. The molecule has 0 amide bonds. The Hall–Kier alpha value is -1.33. The maximum absolute atomic E-state index is 9.51. The number of hydrogen-bond acceptors (Lipinski definition) is 1. The SMILES string of the molecule is [C-]#[N+]C1(c2ccccc2)CCC(O)C1. The molecule has 0 radical (unpaired) electrons. The highest BCUT2D eigenvalue weighted by molar-refractivity contribution is 5.29. The maximum Gasteiger partial charge on any atom is 0.260 e. The molecule has 2 atom stereocenters. The molecule has 72 valence electrons. The standard InChI is InChI=1S/C12H13NO/c1-13-12(8-7-11(14)9-12)10-5-3-2-4-6-10/h2-6,11,14H,7-9H2. The van der Waals surface area contributed by atoms with Crippen LogP contribution in [0.25, 0.3) is 4.85 Å². The summed E-state index contributed by atoms with van der Waals surface area (Å²) in [7, 11) is 0. The third-order valence-electron chi connectivity index (χ3n) is 2.99. The summed E-state index contributed by atoms with van der Waals surface area (Å²) < 4.78 is 0. The first kappa shape index (κ1) is 9.23. The molecule has 1 aromatic carbocycles. The van der Waals surface area contributed by atoms with Crippen LogP contribution in [0.15, 0.2) is 30.3 Å². The van der Waals surface area contributed by atoms with E-state index in [1.165, 1.54) is 0 Å². The predicted molar refractivity (Wildman–Crippen MR) is 54.6 cm³/mol. The Balaban J connectivity index is 2.36. The van der Waals surface area contributed by atoms with Crippen LogP contribution in [-0.2, 0) is 5.54 Å². The zero-order valence-electron chi connectivity index (χ0n) is 7.98. The van der Waals surface area contributed by atoms with Crippen LogP contribution >= 0.6 is 0 Å². The van der Waals surface area contributed by atoms with Gasteiger partial charge in [0.25, 0.3) is 5.54 Å². The lowest BCUT2D eigenvalue weighted by molar-refractivity contribution is 0.177. The lowest BCUT2D eigenvalue weighted by atomic mass is 9.89. The summed E-state index contributed by atoms with van der Waals surface area (Å²) in [6.07, 6.45) is 1.81. The van der Waals surface area contributed by atoms with Crippen molar-refractivity contribution in [2.45, 2.75) is 30.9 Å². The van der Waals surface area contributed by atoms with Crippen molar-refractivity contribution >= 4 is 0 Å². The summed E-state index contributed by atoms with van der Waals surface area (Å²) in [4.78, 5) is 3.73. The normalized spacial score (nSPS) is 31.3. The van der Waals surface area contributed by atoms with E-state index in [4.69, 9.17) is 6.57 Å². The average Bonchev–Trinajstić information content (AvgIpc) is 2.63. The minimum Gasteiger partial charge on any atom is -0.393 e. The van der Waals surface area contributed by atoms with Crippen LogP contribution in [0, 0.1) is 6.57 Å². The Bertz CT molecular complexity index is 354. The van der Waals surface area contributed by atoms with Crippen molar-refractivity contribution in [2.24, 2.45) is 0 Å². The first-order chi connectivity index (χ1) is 6.77. The van der Waals surface area contributed by atoms with Crippen LogP contribution in [0.1, 0.15) is 24.8 Å². The summed E-state index contributed by atoms with van der Waals surface area (Å²) >= 11 is 0. The highest BCUT2D eigenvalue weighted by Crippen LogP contribution is 2.42. The van der Waals surface area contributed by atoms with Crippen molar-refractivity contribution < 1.29 is 5.11 Å². The van der Waals surface area contributed by atoms with Crippen molar-refractivity contribution in [1.29, 1.82) is 0 Å². The second-order valence-corrected chi connectivity index (χ2v) is 3.91. The van der Waals surface area contributed by atoms with E-state index in [-0.39, 0.29) is 6.10 Å². The van der Waals surface area contributed by atoms with Crippen LogP contribution in [-0.4, -0.2) is 11.2 Å². The molecule has 0 bridgehead atoms. The zero-order chi connectivity index (χ0) is 10.0. The number of aliphatic hydroxyl groups excluding tert-OH is 1. The van der Waals surface area contributed by atoms with Gasteiger partial charge in [0.05, 0.1) is 12.5 Å². The largest absolute Gasteiger partial charge is 0.393 e. The van der Waals surface area contributed by atoms with Gasteiger partial charge in [0, 0.05) is 12.0 Å². The molecular formula is C12H13NO. The predicted octanol–water partition coefficient (Wildman–Crippen LogP) is 2.35. The number of rotatable bonds is 1. The molecule has 14 heavy (non-hydrogen) atoms. The monoisotopic (exact) mass is 187 g/mol. The van der Waals surface area contributed by atoms with Gasteiger partial charge in [-0.15, -0.1) is 0 Å². The van der Waals surface area contributed by atoms with Crippen molar-refractivity contribution in [1.82, 2.24) is 0 Å². The molecule has 2 nitrogen and oxygen atoms in total. The molecule has 2 rings (SSSR count). The first-order valence-electron chi connectivity index (χ1n) is 4.89. The number of nitrogens with zero attached hydrogens (tertiary/aromatic N) is 1. The molecule has 1 fully saturated rings. The lowest BCUT2D eigenvalue weighted by Crippen LogP contribution is -2.18. The van der Waals surface area contributed by atoms with Gasteiger partial charge in [0.1, 0.15) is 0 Å². The van der Waals surface area contributed by atoms with Gasteiger partial charge in [-0.05, 0) is 6.42 Å². The van der Waals surface area contributed by atoms with Gasteiger partial charge in [0.15, 0.2) is 0 Å². The van der Waals surface area contributed by atoms with Gasteiger partial charge in [0.2, 0.25) is 0 Å². The van der Waals surface area contributed by atoms with E-state index in [0.717, 1.165) is 18.4 Å². The van der Waals surface area contributed by atoms with Gasteiger partial charge >= 0.3 is 0 Å². The van der Waals surface area contributed by atoms with Gasteiger partial charge in [-0.25, -0.2) is 6.57 Å². The fourth-order valence-electron chi connectivity index (χ4n) is 2.18. The topological polar surface area (TPSA) is 24.6 Å². The Kier molecular flexibility index (Phi) is 2.26. The van der Waals surface area contributed by atoms with E-state index in [1.54, 1.807) is 0 Å². The quantitative estimate of drug-likeness (QED) is 0.670. The molecule has 0 aliphatic heterocycles. The van der Waals surface area contributed by atoms with Crippen molar-refractivity contribution in [3.05, 3.63) is 47.3 Å².